The van der Waals surface area contributed by atoms with Gasteiger partial charge in [-0.1, -0.05) is 30.3 Å². The van der Waals surface area contributed by atoms with Gasteiger partial charge in [-0.2, -0.15) is 0 Å². The first-order chi connectivity index (χ1) is 8.27. The van der Waals surface area contributed by atoms with Crippen LogP contribution >= 0.6 is 11.6 Å². The van der Waals surface area contributed by atoms with E-state index in [4.69, 9.17) is 11.6 Å². The van der Waals surface area contributed by atoms with E-state index in [1.54, 1.807) is 12.5 Å². The Bertz CT molecular complexity index is 470. The number of benzene rings is 1. The maximum Gasteiger partial charge on any atom is 0.242 e. The normalized spacial score (nSPS) is 12.1. The maximum atomic E-state index is 11.8. The van der Waals surface area contributed by atoms with Gasteiger partial charge < -0.3 is 10.3 Å². The van der Waals surface area contributed by atoms with Crippen molar-refractivity contribution in [2.24, 2.45) is 0 Å². The van der Waals surface area contributed by atoms with Gasteiger partial charge in [0, 0.05) is 6.20 Å². The number of halogens is 1. The fourth-order valence-corrected chi connectivity index (χ4v) is 1.65. The topological polar surface area (TPSA) is 57.8 Å². The lowest BCUT2D eigenvalue weighted by atomic mass is 10.1. The zero-order valence-corrected chi connectivity index (χ0v) is 9.82. The fourth-order valence-electron chi connectivity index (χ4n) is 1.43. The number of carbonyl (C=O) groups excluding carboxylic acids is 1. The predicted octanol–water partition coefficient (Wildman–Crippen LogP) is 2.01. The van der Waals surface area contributed by atoms with Crippen molar-refractivity contribution in [1.82, 2.24) is 15.3 Å². The number of aromatic amines is 1. The van der Waals surface area contributed by atoms with Crippen LogP contribution in [-0.2, 0) is 11.3 Å². The third-order valence-electron chi connectivity index (χ3n) is 2.33. The van der Waals surface area contributed by atoms with E-state index in [2.05, 4.69) is 15.3 Å². The van der Waals surface area contributed by atoms with Gasteiger partial charge in [0.25, 0.3) is 0 Å². The van der Waals surface area contributed by atoms with Crippen LogP contribution in [0.15, 0.2) is 42.9 Å². The minimum atomic E-state index is -0.667. The molecule has 2 rings (SSSR count). The Kier molecular flexibility index (Phi) is 3.77. The molecular weight excluding hydrogens is 238 g/mol. The van der Waals surface area contributed by atoms with Crippen molar-refractivity contribution in [2.45, 2.75) is 11.9 Å². The van der Waals surface area contributed by atoms with E-state index in [0.717, 1.165) is 11.3 Å². The van der Waals surface area contributed by atoms with Gasteiger partial charge in [0.2, 0.25) is 5.91 Å². The van der Waals surface area contributed by atoms with Gasteiger partial charge in [-0.05, 0) is 5.56 Å². The van der Waals surface area contributed by atoms with Crippen LogP contribution in [-0.4, -0.2) is 15.9 Å². The van der Waals surface area contributed by atoms with Crippen molar-refractivity contribution in [1.29, 1.82) is 0 Å². The van der Waals surface area contributed by atoms with Gasteiger partial charge in [-0.3, -0.25) is 4.79 Å². The number of aromatic nitrogens is 2. The summed E-state index contributed by atoms with van der Waals surface area (Å²) >= 11 is 6.06. The average Bonchev–Trinajstić information content (AvgIpc) is 2.89. The van der Waals surface area contributed by atoms with Crippen LogP contribution in [0.2, 0.25) is 0 Å². The van der Waals surface area contributed by atoms with Gasteiger partial charge in [-0.25, -0.2) is 4.98 Å². The molecule has 1 aromatic heterocycles. The van der Waals surface area contributed by atoms with E-state index in [1.165, 1.54) is 0 Å². The van der Waals surface area contributed by atoms with E-state index >= 15 is 0 Å². The van der Waals surface area contributed by atoms with E-state index in [9.17, 15) is 4.79 Å². The zero-order valence-electron chi connectivity index (χ0n) is 9.06. The molecule has 5 heteroatoms. The molecule has 1 heterocycles. The monoisotopic (exact) mass is 249 g/mol. The second-order valence-electron chi connectivity index (χ2n) is 3.57. The van der Waals surface area contributed by atoms with Crippen molar-refractivity contribution in [3.63, 3.8) is 0 Å². The molecule has 0 fully saturated rings. The number of hydrogen-bond donors (Lipinski definition) is 2. The van der Waals surface area contributed by atoms with Crippen molar-refractivity contribution >= 4 is 17.5 Å². The van der Waals surface area contributed by atoms with Gasteiger partial charge in [0.05, 0.1) is 18.6 Å². The SMILES string of the molecule is O=C(NCc1cnc[nH]1)C(Cl)c1ccccc1. The molecule has 0 spiro atoms. The third kappa shape index (κ3) is 3.07. The molecule has 0 bridgehead atoms. The van der Waals surface area contributed by atoms with E-state index in [1.807, 2.05) is 30.3 Å². The summed E-state index contributed by atoms with van der Waals surface area (Å²) < 4.78 is 0. The van der Waals surface area contributed by atoms with Crippen LogP contribution in [0.25, 0.3) is 0 Å². The molecule has 0 aliphatic carbocycles. The summed E-state index contributed by atoms with van der Waals surface area (Å²) in [5, 5.41) is 2.07. The van der Waals surface area contributed by atoms with E-state index in [0.29, 0.717) is 6.54 Å². The fraction of sp³-hybridized carbons (Fsp3) is 0.167. The first-order valence-electron chi connectivity index (χ1n) is 5.21. The lowest BCUT2D eigenvalue weighted by Gasteiger charge is -2.09. The molecule has 0 aliphatic heterocycles. The Morgan fingerprint density at radius 2 is 2.18 bits per heavy atom. The van der Waals surface area contributed by atoms with Crippen molar-refractivity contribution < 1.29 is 4.79 Å². The van der Waals surface area contributed by atoms with Crippen LogP contribution in [0, 0.1) is 0 Å². The number of nitrogens with zero attached hydrogens (tertiary/aromatic N) is 1. The smallest absolute Gasteiger partial charge is 0.242 e. The summed E-state index contributed by atoms with van der Waals surface area (Å²) in [5.41, 5.74) is 1.63. The number of carbonyl (C=O) groups is 1. The lowest BCUT2D eigenvalue weighted by molar-refractivity contribution is -0.121. The molecule has 17 heavy (non-hydrogen) atoms. The largest absolute Gasteiger partial charge is 0.349 e. The molecule has 0 aliphatic rings. The average molecular weight is 250 g/mol. The Morgan fingerprint density at radius 1 is 1.41 bits per heavy atom. The summed E-state index contributed by atoms with van der Waals surface area (Å²) in [6.07, 6.45) is 3.23. The molecule has 88 valence electrons. The first kappa shape index (κ1) is 11.7. The summed E-state index contributed by atoms with van der Waals surface area (Å²) in [6.45, 7) is 0.398. The van der Waals surface area contributed by atoms with Gasteiger partial charge in [0.1, 0.15) is 5.38 Å². The predicted molar refractivity (Wildman–Crippen MR) is 65.5 cm³/mol. The van der Waals surface area contributed by atoms with Gasteiger partial charge in [-0.15, -0.1) is 11.6 Å². The molecule has 1 aromatic carbocycles. The Labute approximate surface area is 104 Å². The van der Waals surface area contributed by atoms with Crippen molar-refractivity contribution in [2.75, 3.05) is 0 Å². The minimum Gasteiger partial charge on any atom is -0.349 e. The number of H-pyrrole nitrogens is 1. The highest BCUT2D eigenvalue weighted by Gasteiger charge is 2.16. The number of amides is 1. The molecule has 0 saturated heterocycles. The Balaban J connectivity index is 1.92. The van der Waals surface area contributed by atoms with Crippen LogP contribution in [0.1, 0.15) is 16.6 Å². The van der Waals surface area contributed by atoms with Crippen LogP contribution in [0.3, 0.4) is 0 Å². The summed E-state index contributed by atoms with van der Waals surface area (Å²) in [5.74, 6) is -0.215. The molecule has 2 N–H and O–H groups in total. The molecule has 0 saturated carbocycles. The standard InChI is InChI=1S/C12H12ClN3O/c13-11(9-4-2-1-3-5-9)12(17)15-7-10-6-14-8-16-10/h1-6,8,11H,7H2,(H,14,16)(H,15,17). The van der Waals surface area contributed by atoms with E-state index < -0.39 is 5.38 Å². The molecule has 0 radical (unpaired) electrons. The maximum absolute atomic E-state index is 11.8. The molecular formula is C12H12ClN3O. The first-order valence-corrected chi connectivity index (χ1v) is 5.65. The number of rotatable bonds is 4. The van der Waals surface area contributed by atoms with Crippen molar-refractivity contribution in [3.05, 3.63) is 54.1 Å². The molecule has 1 atom stereocenters. The van der Waals surface area contributed by atoms with E-state index in [-0.39, 0.29) is 5.91 Å². The number of nitrogens with one attached hydrogen (secondary N) is 2. The molecule has 1 unspecified atom stereocenters. The second kappa shape index (κ2) is 5.50. The minimum absolute atomic E-state index is 0.215. The Hall–Kier alpha value is -1.81. The second-order valence-corrected chi connectivity index (χ2v) is 4.00. The van der Waals surface area contributed by atoms with Gasteiger partial charge in [0.15, 0.2) is 0 Å². The highest BCUT2D eigenvalue weighted by molar-refractivity contribution is 6.30. The lowest BCUT2D eigenvalue weighted by Crippen LogP contribution is -2.26. The zero-order chi connectivity index (χ0) is 12.1. The van der Waals surface area contributed by atoms with Crippen LogP contribution < -0.4 is 5.32 Å². The third-order valence-corrected chi connectivity index (χ3v) is 2.78. The van der Waals surface area contributed by atoms with Crippen LogP contribution in [0.4, 0.5) is 0 Å². The van der Waals surface area contributed by atoms with Gasteiger partial charge >= 0.3 is 0 Å². The quantitative estimate of drug-likeness (QED) is 0.815. The number of hydrogen-bond acceptors (Lipinski definition) is 2. The van der Waals surface area contributed by atoms with Crippen LogP contribution in [0.5, 0.6) is 0 Å². The molecule has 1 amide bonds. The molecule has 2 aromatic rings. The van der Waals surface area contributed by atoms with Crippen molar-refractivity contribution in [3.8, 4) is 0 Å². The summed E-state index contributed by atoms with van der Waals surface area (Å²) in [4.78, 5) is 18.5. The molecule has 4 nitrogen and oxygen atoms in total. The Morgan fingerprint density at radius 3 is 2.82 bits per heavy atom. The summed E-state index contributed by atoms with van der Waals surface area (Å²) in [7, 11) is 0. The number of imidazole rings is 1. The highest BCUT2D eigenvalue weighted by atomic mass is 35.5. The summed E-state index contributed by atoms with van der Waals surface area (Å²) in [6, 6.07) is 9.25. The highest BCUT2D eigenvalue weighted by Crippen LogP contribution is 2.19. The number of alkyl halides is 1.